The van der Waals surface area contributed by atoms with E-state index in [4.69, 9.17) is 10.8 Å². The minimum atomic E-state index is -1.00. The molecule has 0 aliphatic carbocycles. The number of carbonyl (C=O) groups is 1. The summed E-state index contributed by atoms with van der Waals surface area (Å²) in [5.74, 6) is -1.00. The first-order valence-electron chi connectivity index (χ1n) is 6.59. The molecule has 1 rings (SSSR count). The highest BCUT2D eigenvalue weighted by Crippen LogP contribution is 2.18. The van der Waals surface area contributed by atoms with Crippen molar-refractivity contribution >= 4 is 17.3 Å². The lowest BCUT2D eigenvalue weighted by atomic mass is 10.1. The van der Waals surface area contributed by atoms with Crippen LogP contribution in [0.5, 0.6) is 0 Å². The van der Waals surface area contributed by atoms with Crippen molar-refractivity contribution in [3.05, 3.63) is 23.8 Å². The average Bonchev–Trinajstić information content (AvgIpc) is 2.37. The van der Waals surface area contributed by atoms with E-state index in [9.17, 15) is 4.79 Å². The molecule has 106 valence electrons. The van der Waals surface area contributed by atoms with E-state index < -0.39 is 5.97 Å². The number of carboxylic acids is 1. The van der Waals surface area contributed by atoms with E-state index in [0.29, 0.717) is 0 Å². The summed E-state index contributed by atoms with van der Waals surface area (Å²) in [5, 5.41) is 12.3. The van der Waals surface area contributed by atoms with Crippen molar-refractivity contribution < 1.29 is 9.90 Å². The van der Waals surface area contributed by atoms with E-state index >= 15 is 0 Å². The predicted molar refractivity (Wildman–Crippen MR) is 78.7 cm³/mol. The molecule has 0 aliphatic rings. The maximum Gasteiger partial charge on any atom is 0.337 e. The van der Waals surface area contributed by atoms with Crippen LogP contribution in [0.1, 0.15) is 31.1 Å². The van der Waals surface area contributed by atoms with Crippen molar-refractivity contribution in [1.82, 2.24) is 4.90 Å². The molecule has 5 nitrogen and oxygen atoms in total. The van der Waals surface area contributed by atoms with Crippen LogP contribution < -0.4 is 11.1 Å². The zero-order valence-electron chi connectivity index (χ0n) is 11.8. The summed E-state index contributed by atoms with van der Waals surface area (Å²) in [6.45, 7) is 9.26. The van der Waals surface area contributed by atoms with Crippen LogP contribution in [0.25, 0.3) is 0 Å². The van der Waals surface area contributed by atoms with Crippen molar-refractivity contribution in [2.24, 2.45) is 0 Å². The fourth-order valence-electron chi connectivity index (χ4n) is 2.03. The standard InChI is InChI=1S/C14H23N3O2/c1-4-17(5-2)9-10(3)16-11-6-7-13(15)12(8-11)14(18)19/h6-8,10,16H,4-5,9,15H2,1-3H3,(H,18,19). The number of nitrogens with zero attached hydrogens (tertiary/aromatic N) is 1. The average molecular weight is 265 g/mol. The Hall–Kier alpha value is -1.75. The van der Waals surface area contributed by atoms with E-state index in [1.54, 1.807) is 18.2 Å². The van der Waals surface area contributed by atoms with Crippen LogP contribution in [0, 0.1) is 0 Å². The van der Waals surface area contributed by atoms with Crippen LogP contribution in [0.15, 0.2) is 18.2 Å². The topological polar surface area (TPSA) is 78.6 Å². The van der Waals surface area contributed by atoms with Gasteiger partial charge in [0.2, 0.25) is 0 Å². The van der Waals surface area contributed by atoms with Crippen molar-refractivity contribution in [2.75, 3.05) is 30.7 Å². The van der Waals surface area contributed by atoms with Crippen molar-refractivity contribution in [3.63, 3.8) is 0 Å². The number of hydrogen-bond acceptors (Lipinski definition) is 4. The maximum absolute atomic E-state index is 11.0. The first-order chi connectivity index (χ1) is 8.97. The molecule has 19 heavy (non-hydrogen) atoms. The molecular formula is C14H23N3O2. The molecule has 0 bridgehead atoms. The van der Waals surface area contributed by atoms with Gasteiger partial charge in [-0.3, -0.25) is 0 Å². The third kappa shape index (κ3) is 4.44. The Labute approximate surface area is 114 Å². The summed E-state index contributed by atoms with van der Waals surface area (Å²) in [6, 6.07) is 5.25. The number of anilines is 2. The van der Waals surface area contributed by atoms with Gasteiger partial charge in [-0.2, -0.15) is 0 Å². The van der Waals surface area contributed by atoms with Gasteiger partial charge < -0.3 is 21.1 Å². The van der Waals surface area contributed by atoms with Gasteiger partial charge in [-0.15, -0.1) is 0 Å². The lowest BCUT2D eigenvalue weighted by Crippen LogP contribution is -2.34. The zero-order chi connectivity index (χ0) is 14.4. The predicted octanol–water partition coefficient (Wildman–Crippen LogP) is 2.11. The van der Waals surface area contributed by atoms with Gasteiger partial charge in [-0.25, -0.2) is 4.79 Å². The molecule has 0 aliphatic heterocycles. The van der Waals surface area contributed by atoms with E-state index in [1.807, 2.05) is 0 Å². The molecule has 0 amide bonds. The molecule has 0 saturated heterocycles. The summed E-state index contributed by atoms with van der Waals surface area (Å²) in [6.07, 6.45) is 0. The summed E-state index contributed by atoms with van der Waals surface area (Å²) < 4.78 is 0. The number of carboxylic acid groups (broad SMARTS) is 1. The third-order valence-corrected chi connectivity index (χ3v) is 3.12. The van der Waals surface area contributed by atoms with E-state index in [0.717, 1.165) is 25.3 Å². The Morgan fingerprint density at radius 1 is 1.42 bits per heavy atom. The monoisotopic (exact) mass is 265 g/mol. The van der Waals surface area contributed by atoms with Gasteiger partial charge in [0.05, 0.1) is 5.56 Å². The Kier molecular flexibility index (Phi) is 5.63. The summed E-state index contributed by atoms with van der Waals surface area (Å²) in [7, 11) is 0. The Balaban J connectivity index is 2.71. The number of benzene rings is 1. The van der Waals surface area contributed by atoms with Gasteiger partial charge in [0, 0.05) is 24.0 Å². The van der Waals surface area contributed by atoms with Crippen LogP contribution in [-0.2, 0) is 0 Å². The minimum Gasteiger partial charge on any atom is -0.478 e. The van der Waals surface area contributed by atoms with Crippen LogP contribution in [0.3, 0.4) is 0 Å². The SMILES string of the molecule is CCN(CC)CC(C)Nc1ccc(N)c(C(=O)O)c1. The second-order valence-electron chi connectivity index (χ2n) is 4.64. The Morgan fingerprint density at radius 2 is 2.05 bits per heavy atom. The Bertz CT molecular complexity index is 431. The maximum atomic E-state index is 11.0. The molecule has 1 atom stereocenters. The number of nitrogens with one attached hydrogen (secondary N) is 1. The third-order valence-electron chi connectivity index (χ3n) is 3.12. The molecule has 1 unspecified atom stereocenters. The number of rotatable bonds is 7. The lowest BCUT2D eigenvalue weighted by molar-refractivity contribution is 0.0698. The largest absolute Gasteiger partial charge is 0.478 e. The van der Waals surface area contributed by atoms with Crippen molar-refractivity contribution in [1.29, 1.82) is 0 Å². The van der Waals surface area contributed by atoms with E-state index in [-0.39, 0.29) is 17.3 Å². The second-order valence-corrected chi connectivity index (χ2v) is 4.64. The fourth-order valence-corrected chi connectivity index (χ4v) is 2.03. The molecule has 0 fully saturated rings. The van der Waals surface area contributed by atoms with E-state index in [1.165, 1.54) is 0 Å². The molecule has 1 aromatic carbocycles. The van der Waals surface area contributed by atoms with Gasteiger partial charge in [-0.05, 0) is 38.2 Å². The molecule has 1 aromatic rings. The fraction of sp³-hybridized carbons (Fsp3) is 0.500. The Morgan fingerprint density at radius 3 is 2.58 bits per heavy atom. The highest BCUT2D eigenvalue weighted by atomic mass is 16.4. The van der Waals surface area contributed by atoms with Crippen molar-refractivity contribution in [3.8, 4) is 0 Å². The molecule has 0 heterocycles. The van der Waals surface area contributed by atoms with Crippen LogP contribution >= 0.6 is 0 Å². The van der Waals surface area contributed by atoms with Gasteiger partial charge in [0.15, 0.2) is 0 Å². The molecular weight excluding hydrogens is 242 g/mol. The van der Waals surface area contributed by atoms with Crippen LogP contribution in [0.4, 0.5) is 11.4 Å². The normalized spacial score (nSPS) is 12.4. The second kappa shape index (κ2) is 6.99. The number of nitrogen functional groups attached to an aromatic ring is 1. The summed E-state index contributed by atoms with van der Waals surface area (Å²) in [4.78, 5) is 13.3. The molecule has 0 saturated carbocycles. The van der Waals surface area contributed by atoms with E-state index in [2.05, 4.69) is 31.0 Å². The smallest absolute Gasteiger partial charge is 0.337 e. The molecule has 0 radical (unpaired) electrons. The molecule has 5 heteroatoms. The van der Waals surface area contributed by atoms with Gasteiger partial charge in [-0.1, -0.05) is 13.8 Å². The lowest BCUT2D eigenvalue weighted by Gasteiger charge is -2.24. The number of aromatic carboxylic acids is 1. The summed E-state index contributed by atoms with van der Waals surface area (Å²) >= 11 is 0. The first-order valence-corrected chi connectivity index (χ1v) is 6.59. The van der Waals surface area contributed by atoms with Gasteiger partial charge >= 0.3 is 5.97 Å². The van der Waals surface area contributed by atoms with Crippen molar-refractivity contribution in [2.45, 2.75) is 26.8 Å². The highest BCUT2D eigenvalue weighted by molar-refractivity contribution is 5.94. The summed E-state index contributed by atoms with van der Waals surface area (Å²) in [5.41, 5.74) is 6.84. The zero-order valence-corrected chi connectivity index (χ0v) is 11.8. The number of nitrogens with two attached hydrogens (primary N) is 1. The molecule has 4 N–H and O–H groups in total. The number of likely N-dealkylation sites (N-methyl/N-ethyl adjacent to an activating group) is 1. The van der Waals surface area contributed by atoms with Crippen LogP contribution in [-0.4, -0.2) is 41.7 Å². The van der Waals surface area contributed by atoms with Gasteiger partial charge in [0.25, 0.3) is 0 Å². The number of hydrogen-bond donors (Lipinski definition) is 3. The minimum absolute atomic E-state index is 0.139. The van der Waals surface area contributed by atoms with Gasteiger partial charge in [0.1, 0.15) is 0 Å². The quantitative estimate of drug-likeness (QED) is 0.658. The molecule has 0 spiro atoms. The highest BCUT2D eigenvalue weighted by Gasteiger charge is 2.11. The first kappa shape index (κ1) is 15.3. The molecule has 0 aromatic heterocycles. The van der Waals surface area contributed by atoms with Crippen LogP contribution in [0.2, 0.25) is 0 Å².